The summed E-state index contributed by atoms with van der Waals surface area (Å²) < 4.78 is 0. The van der Waals surface area contributed by atoms with Crippen molar-refractivity contribution in [2.75, 3.05) is 13.1 Å². The van der Waals surface area contributed by atoms with E-state index in [1.807, 2.05) is 0 Å². The van der Waals surface area contributed by atoms with E-state index in [1.165, 1.54) is 64.2 Å². The smallest absolute Gasteiger partial charge is 0.0127 e. The lowest BCUT2D eigenvalue weighted by Gasteiger charge is -2.45. The molecule has 106 valence electrons. The van der Waals surface area contributed by atoms with Gasteiger partial charge in [-0.05, 0) is 31.6 Å². The van der Waals surface area contributed by atoms with Crippen LogP contribution >= 0.6 is 0 Å². The van der Waals surface area contributed by atoms with Crippen molar-refractivity contribution in [1.29, 1.82) is 0 Å². The zero-order valence-corrected chi connectivity index (χ0v) is 12.2. The van der Waals surface area contributed by atoms with Gasteiger partial charge in [-0.2, -0.15) is 0 Å². The lowest BCUT2D eigenvalue weighted by atomic mass is 9.80. The van der Waals surface area contributed by atoms with E-state index in [0.717, 1.165) is 31.1 Å². The second kappa shape index (κ2) is 7.49. The molecular weight excluding hydrogens is 220 g/mol. The largest absolute Gasteiger partial charge is 0.329 e. The van der Waals surface area contributed by atoms with Crippen molar-refractivity contribution in [2.45, 2.75) is 83.2 Å². The molecule has 0 saturated heterocycles. The molecule has 0 aromatic carbocycles. The van der Waals surface area contributed by atoms with Crippen molar-refractivity contribution in [3.05, 3.63) is 0 Å². The molecule has 2 saturated carbocycles. The molecule has 2 heteroatoms. The number of nitrogens with zero attached hydrogens (tertiary/aromatic N) is 1. The first-order chi connectivity index (χ1) is 8.86. The molecule has 2 aliphatic carbocycles. The quantitative estimate of drug-likeness (QED) is 0.811. The Morgan fingerprint density at radius 1 is 0.944 bits per heavy atom. The van der Waals surface area contributed by atoms with Gasteiger partial charge in [-0.25, -0.2) is 0 Å². The van der Waals surface area contributed by atoms with E-state index < -0.39 is 0 Å². The third kappa shape index (κ3) is 3.48. The fraction of sp³-hybridized carbons (Fsp3) is 1.00. The van der Waals surface area contributed by atoms with Gasteiger partial charge in [0.15, 0.2) is 0 Å². The van der Waals surface area contributed by atoms with Gasteiger partial charge >= 0.3 is 0 Å². The van der Waals surface area contributed by atoms with Crippen LogP contribution < -0.4 is 5.73 Å². The van der Waals surface area contributed by atoms with Gasteiger partial charge in [0.05, 0.1) is 0 Å². The zero-order valence-electron chi connectivity index (χ0n) is 12.2. The average Bonchev–Trinajstić information content (AvgIpc) is 2.46. The Kier molecular flexibility index (Phi) is 5.97. The Bertz CT molecular complexity index is 223. The highest BCUT2D eigenvalue weighted by Gasteiger charge is 2.33. The van der Waals surface area contributed by atoms with Gasteiger partial charge in [-0.15, -0.1) is 0 Å². The number of nitrogens with two attached hydrogens (primary N) is 1. The minimum Gasteiger partial charge on any atom is -0.329 e. The molecule has 0 heterocycles. The summed E-state index contributed by atoms with van der Waals surface area (Å²) in [7, 11) is 0. The highest BCUT2D eigenvalue weighted by molar-refractivity contribution is 4.88. The molecule has 18 heavy (non-hydrogen) atoms. The van der Waals surface area contributed by atoms with Crippen LogP contribution in [0.1, 0.15) is 71.1 Å². The van der Waals surface area contributed by atoms with Crippen LogP contribution in [0.2, 0.25) is 0 Å². The van der Waals surface area contributed by atoms with Gasteiger partial charge in [0.25, 0.3) is 0 Å². The van der Waals surface area contributed by atoms with Crippen LogP contribution in [0.25, 0.3) is 0 Å². The normalized spacial score (nSPS) is 30.8. The molecule has 0 amide bonds. The molecule has 2 fully saturated rings. The second-order valence-corrected chi connectivity index (χ2v) is 6.34. The summed E-state index contributed by atoms with van der Waals surface area (Å²) in [5.74, 6) is 0.937. The molecule has 0 aromatic rings. The fourth-order valence-electron chi connectivity index (χ4n) is 4.28. The average molecular weight is 252 g/mol. The summed E-state index contributed by atoms with van der Waals surface area (Å²) >= 11 is 0. The predicted octanol–water partition coefficient (Wildman–Crippen LogP) is 3.55. The van der Waals surface area contributed by atoms with Gasteiger partial charge < -0.3 is 5.73 Å². The van der Waals surface area contributed by atoms with E-state index in [0.29, 0.717) is 0 Å². The van der Waals surface area contributed by atoms with Crippen LogP contribution in [0.15, 0.2) is 0 Å². The Hall–Kier alpha value is -0.0800. The van der Waals surface area contributed by atoms with Crippen LogP contribution in [0.4, 0.5) is 0 Å². The van der Waals surface area contributed by atoms with Crippen molar-refractivity contribution in [3.63, 3.8) is 0 Å². The highest BCUT2D eigenvalue weighted by Crippen LogP contribution is 2.34. The molecule has 2 aliphatic rings. The van der Waals surface area contributed by atoms with Crippen LogP contribution in [0, 0.1) is 5.92 Å². The first-order valence-corrected chi connectivity index (χ1v) is 8.32. The van der Waals surface area contributed by atoms with Crippen molar-refractivity contribution < 1.29 is 0 Å². The van der Waals surface area contributed by atoms with Crippen LogP contribution in [0.3, 0.4) is 0 Å². The standard InChI is InChI=1S/C16H32N2/c1-2-14-8-6-7-11-16(14)18(13-12-17)15-9-4-3-5-10-15/h14-16H,2-13,17H2,1H3. The van der Waals surface area contributed by atoms with Crippen molar-refractivity contribution >= 4 is 0 Å². The minimum atomic E-state index is 0.837. The molecule has 0 aromatic heterocycles. The van der Waals surface area contributed by atoms with Crippen LogP contribution in [-0.2, 0) is 0 Å². The Morgan fingerprint density at radius 3 is 2.28 bits per heavy atom. The summed E-state index contributed by atoms with van der Waals surface area (Å²) in [5, 5.41) is 0. The third-order valence-electron chi connectivity index (χ3n) is 5.25. The van der Waals surface area contributed by atoms with Gasteiger partial charge in [0.1, 0.15) is 0 Å². The fourth-order valence-corrected chi connectivity index (χ4v) is 4.28. The molecule has 2 nitrogen and oxygen atoms in total. The van der Waals surface area contributed by atoms with Crippen molar-refractivity contribution in [3.8, 4) is 0 Å². The van der Waals surface area contributed by atoms with E-state index in [2.05, 4.69) is 11.8 Å². The molecule has 2 N–H and O–H groups in total. The zero-order chi connectivity index (χ0) is 12.8. The Morgan fingerprint density at radius 2 is 1.61 bits per heavy atom. The Labute approximate surface area is 113 Å². The maximum absolute atomic E-state index is 5.89. The molecule has 0 spiro atoms. The molecular formula is C16H32N2. The maximum Gasteiger partial charge on any atom is 0.0127 e. The molecule has 0 bridgehead atoms. The highest BCUT2D eigenvalue weighted by atomic mass is 15.2. The minimum absolute atomic E-state index is 0.837. The van der Waals surface area contributed by atoms with Gasteiger partial charge in [-0.1, -0.05) is 45.4 Å². The summed E-state index contributed by atoms with van der Waals surface area (Å²) in [6, 6.07) is 1.69. The second-order valence-electron chi connectivity index (χ2n) is 6.34. The van der Waals surface area contributed by atoms with Crippen molar-refractivity contribution in [1.82, 2.24) is 4.90 Å². The van der Waals surface area contributed by atoms with Gasteiger partial charge in [0.2, 0.25) is 0 Å². The van der Waals surface area contributed by atoms with Gasteiger partial charge in [-0.3, -0.25) is 4.90 Å². The predicted molar refractivity (Wildman–Crippen MR) is 78.7 cm³/mol. The summed E-state index contributed by atoms with van der Waals surface area (Å²) in [4.78, 5) is 2.83. The summed E-state index contributed by atoms with van der Waals surface area (Å²) in [6.45, 7) is 4.35. The molecule has 2 atom stereocenters. The van der Waals surface area contributed by atoms with Crippen LogP contribution in [0.5, 0.6) is 0 Å². The SMILES string of the molecule is CCC1CCCCC1N(CCN)C1CCCCC1. The Balaban J connectivity index is 2.01. The van der Waals surface area contributed by atoms with E-state index in [-0.39, 0.29) is 0 Å². The molecule has 2 unspecified atom stereocenters. The third-order valence-corrected chi connectivity index (χ3v) is 5.25. The number of rotatable bonds is 5. The first kappa shape index (κ1) is 14.3. The number of hydrogen-bond donors (Lipinski definition) is 1. The lowest BCUT2D eigenvalue weighted by molar-refractivity contribution is 0.0472. The van der Waals surface area contributed by atoms with Crippen molar-refractivity contribution in [2.24, 2.45) is 11.7 Å². The lowest BCUT2D eigenvalue weighted by Crippen LogP contribution is -2.50. The maximum atomic E-state index is 5.89. The van der Waals surface area contributed by atoms with E-state index in [4.69, 9.17) is 5.73 Å². The van der Waals surface area contributed by atoms with E-state index in [9.17, 15) is 0 Å². The van der Waals surface area contributed by atoms with E-state index >= 15 is 0 Å². The number of hydrogen-bond acceptors (Lipinski definition) is 2. The van der Waals surface area contributed by atoms with E-state index in [1.54, 1.807) is 0 Å². The summed E-state index contributed by atoms with van der Waals surface area (Å²) in [6.07, 6.45) is 14.3. The summed E-state index contributed by atoms with van der Waals surface area (Å²) in [5.41, 5.74) is 5.89. The molecule has 0 aliphatic heterocycles. The van der Waals surface area contributed by atoms with Crippen LogP contribution in [-0.4, -0.2) is 30.1 Å². The monoisotopic (exact) mass is 252 g/mol. The molecule has 2 rings (SSSR count). The topological polar surface area (TPSA) is 29.3 Å². The van der Waals surface area contributed by atoms with Gasteiger partial charge in [0, 0.05) is 25.2 Å². The first-order valence-electron chi connectivity index (χ1n) is 8.32. The molecule has 0 radical (unpaired) electrons.